The molecule has 35 heavy (non-hydrogen) atoms. The van der Waals surface area contributed by atoms with Gasteiger partial charge in [-0.25, -0.2) is 0 Å². The van der Waals surface area contributed by atoms with Crippen molar-refractivity contribution in [2.24, 2.45) is 0 Å². The fourth-order valence-corrected chi connectivity index (χ4v) is 5.16. The van der Waals surface area contributed by atoms with Gasteiger partial charge in [0.05, 0.1) is 17.2 Å². The molecule has 6 nitrogen and oxygen atoms in total. The number of ether oxygens (including phenoxy) is 1. The molecule has 4 aromatic rings. The number of anilines is 1. The molecular weight excluding hydrogens is 460 g/mol. The Morgan fingerprint density at radius 1 is 0.914 bits per heavy atom. The molecule has 0 saturated heterocycles. The topological polar surface area (TPSA) is 66.9 Å². The van der Waals surface area contributed by atoms with Crippen LogP contribution in [0.3, 0.4) is 0 Å². The van der Waals surface area contributed by atoms with Crippen LogP contribution in [0.2, 0.25) is 0 Å². The standard InChI is InChI=1S/C28H24N2O4S/c1-2-34-23-14-4-3-13-22(23)29(28(33)24-15-7-18-35-24)16-8-17-30-26(31)20-11-5-9-19-10-6-12-21(25(19)20)27(30)32/h3-7,9-15,18H,2,8,16-17H2,1H3. The lowest BCUT2D eigenvalue weighted by Gasteiger charge is -2.29. The number of imide groups is 1. The Kier molecular flexibility index (Phi) is 6.33. The molecular formula is C28H24N2O4S. The number of nitrogens with zero attached hydrogens (tertiary/aromatic N) is 2. The molecule has 1 aliphatic heterocycles. The molecule has 3 aromatic carbocycles. The van der Waals surface area contributed by atoms with Crippen LogP contribution in [0.4, 0.5) is 5.69 Å². The monoisotopic (exact) mass is 484 g/mol. The summed E-state index contributed by atoms with van der Waals surface area (Å²) in [4.78, 5) is 43.4. The first-order valence-electron chi connectivity index (χ1n) is 11.5. The minimum Gasteiger partial charge on any atom is -0.492 e. The first kappa shape index (κ1) is 22.8. The van der Waals surface area contributed by atoms with Gasteiger partial charge >= 0.3 is 0 Å². The van der Waals surface area contributed by atoms with Crippen molar-refractivity contribution in [3.63, 3.8) is 0 Å². The molecule has 3 amide bonds. The van der Waals surface area contributed by atoms with Gasteiger partial charge < -0.3 is 9.64 Å². The van der Waals surface area contributed by atoms with Crippen LogP contribution in [0.25, 0.3) is 10.8 Å². The molecule has 0 N–H and O–H groups in total. The summed E-state index contributed by atoms with van der Waals surface area (Å²) in [5.74, 6) is -0.125. The van der Waals surface area contributed by atoms with Crippen LogP contribution in [0.1, 0.15) is 43.7 Å². The first-order chi connectivity index (χ1) is 17.1. The van der Waals surface area contributed by atoms with Gasteiger partial charge in [0.15, 0.2) is 0 Å². The van der Waals surface area contributed by atoms with Crippen molar-refractivity contribution in [1.82, 2.24) is 4.90 Å². The predicted molar refractivity (Wildman–Crippen MR) is 138 cm³/mol. The number of carbonyl (C=O) groups is 3. The minimum atomic E-state index is -0.301. The molecule has 0 atom stereocenters. The van der Waals surface area contributed by atoms with Crippen LogP contribution in [0.15, 0.2) is 78.2 Å². The van der Waals surface area contributed by atoms with E-state index in [0.717, 1.165) is 5.39 Å². The summed E-state index contributed by atoms with van der Waals surface area (Å²) in [6.07, 6.45) is 0.424. The van der Waals surface area contributed by atoms with E-state index in [2.05, 4.69) is 0 Å². The van der Waals surface area contributed by atoms with E-state index >= 15 is 0 Å². The second kappa shape index (κ2) is 9.72. The maximum absolute atomic E-state index is 13.4. The lowest BCUT2D eigenvalue weighted by molar-refractivity contribution is 0.0610. The largest absolute Gasteiger partial charge is 0.492 e. The Balaban J connectivity index is 1.40. The number of hydrogen-bond acceptors (Lipinski definition) is 5. The molecule has 7 heteroatoms. The zero-order valence-electron chi connectivity index (χ0n) is 19.3. The number of benzene rings is 3. The highest BCUT2D eigenvalue weighted by atomic mass is 32.1. The van der Waals surface area contributed by atoms with Gasteiger partial charge in [0.2, 0.25) is 0 Å². The Labute approximate surface area is 207 Å². The Morgan fingerprint density at radius 3 is 2.29 bits per heavy atom. The van der Waals surface area contributed by atoms with Crippen molar-refractivity contribution >= 4 is 45.5 Å². The quantitative estimate of drug-likeness (QED) is 0.304. The zero-order chi connectivity index (χ0) is 24.4. The van der Waals surface area contributed by atoms with Crippen molar-refractivity contribution in [3.05, 3.63) is 94.2 Å². The average Bonchev–Trinajstić information content (AvgIpc) is 3.42. The highest BCUT2D eigenvalue weighted by molar-refractivity contribution is 7.12. The van der Waals surface area contributed by atoms with Gasteiger partial charge in [-0.1, -0.05) is 42.5 Å². The van der Waals surface area contributed by atoms with Gasteiger partial charge in [-0.3, -0.25) is 19.3 Å². The molecule has 1 aromatic heterocycles. The van der Waals surface area contributed by atoms with E-state index < -0.39 is 0 Å². The van der Waals surface area contributed by atoms with Crippen LogP contribution in [0, 0.1) is 0 Å². The normalized spacial score (nSPS) is 12.8. The van der Waals surface area contributed by atoms with Crippen molar-refractivity contribution < 1.29 is 19.1 Å². The Bertz CT molecular complexity index is 1360. The highest BCUT2D eigenvalue weighted by Gasteiger charge is 2.32. The summed E-state index contributed by atoms with van der Waals surface area (Å²) in [7, 11) is 0. The molecule has 5 rings (SSSR count). The SMILES string of the molecule is CCOc1ccccc1N(CCCN1C(=O)c2cccc3cccc(c23)C1=O)C(=O)c1cccs1. The third-order valence-corrected chi connectivity index (χ3v) is 6.91. The number of para-hydroxylation sites is 2. The third kappa shape index (κ3) is 4.19. The van der Waals surface area contributed by atoms with Gasteiger partial charge in [-0.15, -0.1) is 11.3 Å². The number of carbonyl (C=O) groups excluding carboxylic acids is 3. The maximum Gasteiger partial charge on any atom is 0.268 e. The van der Waals surface area contributed by atoms with Gasteiger partial charge in [0.25, 0.3) is 17.7 Å². The van der Waals surface area contributed by atoms with Crippen LogP contribution in [0.5, 0.6) is 5.75 Å². The van der Waals surface area contributed by atoms with Crippen molar-refractivity contribution in [1.29, 1.82) is 0 Å². The predicted octanol–water partition coefficient (Wildman–Crippen LogP) is 5.63. The number of thiophene rings is 1. The smallest absolute Gasteiger partial charge is 0.268 e. The molecule has 0 fully saturated rings. The molecule has 0 saturated carbocycles. The van der Waals surface area contributed by atoms with Crippen molar-refractivity contribution in [2.75, 3.05) is 24.6 Å². The van der Waals surface area contributed by atoms with Gasteiger partial charge in [-0.05, 0) is 54.4 Å². The van der Waals surface area contributed by atoms with E-state index in [1.54, 1.807) is 23.1 Å². The highest BCUT2D eigenvalue weighted by Crippen LogP contribution is 2.32. The van der Waals surface area contributed by atoms with E-state index in [-0.39, 0.29) is 24.3 Å². The van der Waals surface area contributed by atoms with Crippen molar-refractivity contribution in [3.8, 4) is 5.75 Å². The Morgan fingerprint density at radius 2 is 1.63 bits per heavy atom. The number of rotatable bonds is 8. The van der Waals surface area contributed by atoms with E-state index in [1.165, 1.54) is 16.2 Å². The fourth-order valence-electron chi connectivity index (χ4n) is 4.49. The summed E-state index contributed by atoms with van der Waals surface area (Å²) < 4.78 is 5.78. The third-order valence-electron chi connectivity index (χ3n) is 6.05. The fraction of sp³-hybridized carbons (Fsp3) is 0.179. The first-order valence-corrected chi connectivity index (χ1v) is 12.4. The zero-order valence-corrected chi connectivity index (χ0v) is 20.1. The van der Waals surface area contributed by atoms with Crippen LogP contribution < -0.4 is 9.64 Å². The van der Waals surface area contributed by atoms with Crippen LogP contribution in [-0.2, 0) is 0 Å². The second-order valence-electron chi connectivity index (χ2n) is 8.16. The van der Waals surface area contributed by atoms with Crippen molar-refractivity contribution in [2.45, 2.75) is 13.3 Å². The van der Waals surface area contributed by atoms with E-state index in [4.69, 9.17) is 4.74 Å². The van der Waals surface area contributed by atoms with E-state index in [9.17, 15) is 14.4 Å². The van der Waals surface area contributed by atoms with Gasteiger partial charge in [0, 0.05) is 29.6 Å². The summed E-state index contributed by atoms with van der Waals surface area (Å²) in [5, 5.41) is 3.45. The summed E-state index contributed by atoms with van der Waals surface area (Å²) >= 11 is 1.37. The molecule has 1 aliphatic rings. The molecule has 176 valence electrons. The lowest BCUT2D eigenvalue weighted by atomic mass is 9.94. The maximum atomic E-state index is 13.4. The van der Waals surface area contributed by atoms with E-state index in [1.807, 2.05) is 66.9 Å². The number of amides is 3. The summed E-state index contributed by atoms with van der Waals surface area (Å²) in [6, 6.07) is 22.0. The minimum absolute atomic E-state index is 0.140. The lowest BCUT2D eigenvalue weighted by Crippen LogP contribution is -2.42. The Hall–Kier alpha value is -3.97. The summed E-state index contributed by atoms with van der Waals surface area (Å²) in [5.41, 5.74) is 1.73. The molecule has 0 unspecified atom stereocenters. The molecule has 0 bridgehead atoms. The van der Waals surface area contributed by atoms with Crippen LogP contribution >= 0.6 is 11.3 Å². The molecule has 2 heterocycles. The average molecular weight is 485 g/mol. The second-order valence-corrected chi connectivity index (χ2v) is 9.11. The van der Waals surface area contributed by atoms with Crippen LogP contribution in [-0.4, -0.2) is 42.3 Å². The molecule has 0 aliphatic carbocycles. The van der Waals surface area contributed by atoms with Gasteiger partial charge in [-0.2, -0.15) is 0 Å². The van der Waals surface area contributed by atoms with E-state index in [0.29, 0.717) is 52.4 Å². The summed E-state index contributed by atoms with van der Waals surface area (Å²) in [6.45, 7) is 2.89. The molecule has 0 spiro atoms. The molecule has 0 radical (unpaired) electrons. The number of hydrogen-bond donors (Lipinski definition) is 0. The van der Waals surface area contributed by atoms with Gasteiger partial charge in [0.1, 0.15) is 5.75 Å².